The molecule has 1 saturated carbocycles. The van der Waals surface area contributed by atoms with Crippen molar-refractivity contribution in [2.45, 2.75) is 50.6 Å². The molecule has 0 bridgehead atoms. The SMILES string of the molecule is COC1COCCC1N=C1C[C@H]2CN(CC(=O)N(C)C)C[C@@]2(C(=O)N2CCc3ncc(C(F)(F)F)cc3C2)C1. The molecule has 39 heavy (non-hydrogen) atoms. The quantitative estimate of drug-likeness (QED) is 0.557. The Morgan fingerprint density at radius 1 is 1.33 bits per heavy atom. The van der Waals surface area contributed by atoms with Gasteiger partial charge in [-0.05, 0) is 30.4 Å². The van der Waals surface area contributed by atoms with E-state index in [9.17, 15) is 22.8 Å². The molecule has 1 aromatic rings. The number of carbonyl (C=O) groups is 2. The minimum atomic E-state index is -4.50. The zero-order valence-electron chi connectivity index (χ0n) is 22.7. The Hall–Kier alpha value is -2.57. The Morgan fingerprint density at radius 3 is 2.85 bits per heavy atom. The number of hydrogen-bond donors (Lipinski definition) is 0. The Morgan fingerprint density at radius 2 is 2.13 bits per heavy atom. The number of likely N-dealkylation sites (tertiary alicyclic amines) is 1. The van der Waals surface area contributed by atoms with E-state index in [4.69, 9.17) is 14.5 Å². The average Bonchev–Trinajstić information content (AvgIpc) is 3.41. The zero-order chi connectivity index (χ0) is 27.9. The van der Waals surface area contributed by atoms with Gasteiger partial charge in [0, 0.05) is 84.4 Å². The third kappa shape index (κ3) is 5.55. The predicted octanol–water partition coefficient (Wildman–Crippen LogP) is 2.03. The summed E-state index contributed by atoms with van der Waals surface area (Å²) in [6, 6.07) is 1.08. The van der Waals surface area contributed by atoms with E-state index in [1.165, 1.54) is 4.90 Å². The molecule has 3 aliphatic heterocycles. The van der Waals surface area contributed by atoms with Crippen LogP contribution in [0.5, 0.6) is 0 Å². The first kappa shape index (κ1) is 28.0. The minimum Gasteiger partial charge on any atom is -0.379 e. The summed E-state index contributed by atoms with van der Waals surface area (Å²) in [5.74, 6) is -0.134. The van der Waals surface area contributed by atoms with Crippen molar-refractivity contribution in [2.24, 2.45) is 16.3 Å². The van der Waals surface area contributed by atoms with Crippen molar-refractivity contribution in [1.29, 1.82) is 0 Å². The van der Waals surface area contributed by atoms with Crippen LogP contribution in [0.2, 0.25) is 0 Å². The van der Waals surface area contributed by atoms with Crippen LogP contribution < -0.4 is 0 Å². The third-order valence-electron chi connectivity index (χ3n) is 8.63. The molecule has 0 aromatic carbocycles. The molecule has 12 heteroatoms. The van der Waals surface area contributed by atoms with E-state index >= 15 is 0 Å². The second-order valence-electron chi connectivity index (χ2n) is 11.4. The maximum absolute atomic E-state index is 14.3. The molecule has 1 aromatic heterocycles. The summed E-state index contributed by atoms with van der Waals surface area (Å²) in [7, 11) is 5.06. The van der Waals surface area contributed by atoms with E-state index in [0.29, 0.717) is 63.4 Å². The van der Waals surface area contributed by atoms with Gasteiger partial charge in [0.2, 0.25) is 11.8 Å². The first-order chi connectivity index (χ1) is 18.5. The van der Waals surface area contributed by atoms with Gasteiger partial charge in [-0.2, -0.15) is 13.2 Å². The summed E-state index contributed by atoms with van der Waals surface area (Å²) in [4.78, 5) is 41.1. The highest BCUT2D eigenvalue weighted by molar-refractivity contribution is 5.97. The zero-order valence-corrected chi connectivity index (χ0v) is 22.7. The highest BCUT2D eigenvalue weighted by atomic mass is 19.4. The fourth-order valence-corrected chi connectivity index (χ4v) is 6.51. The van der Waals surface area contributed by atoms with Crippen molar-refractivity contribution >= 4 is 17.5 Å². The van der Waals surface area contributed by atoms with Crippen LogP contribution in [-0.4, -0.2) is 110 Å². The normalized spacial score (nSPS) is 30.4. The molecule has 9 nitrogen and oxygen atoms in total. The van der Waals surface area contributed by atoms with Crippen molar-refractivity contribution in [2.75, 3.05) is 60.6 Å². The number of aromatic nitrogens is 1. The lowest BCUT2D eigenvalue weighted by atomic mass is 9.78. The smallest absolute Gasteiger partial charge is 0.379 e. The highest BCUT2D eigenvalue weighted by Crippen LogP contribution is 2.49. The third-order valence-corrected chi connectivity index (χ3v) is 8.63. The van der Waals surface area contributed by atoms with Gasteiger partial charge >= 0.3 is 6.18 Å². The molecule has 4 aliphatic rings. The van der Waals surface area contributed by atoms with Gasteiger partial charge in [0.15, 0.2) is 0 Å². The number of halogens is 3. The van der Waals surface area contributed by atoms with E-state index < -0.39 is 17.2 Å². The Bertz CT molecular complexity index is 1140. The summed E-state index contributed by atoms with van der Waals surface area (Å²) in [5, 5.41) is 0. The molecule has 2 saturated heterocycles. The van der Waals surface area contributed by atoms with Gasteiger partial charge in [0.1, 0.15) is 6.10 Å². The second kappa shape index (κ2) is 10.8. The van der Waals surface area contributed by atoms with E-state index in [2.05, 4.69) is 4.98 Å². The van der Waals surface area contributed by atoms with Gasteiger partial charge in [0.25, 0.3) is 0 Å². The molecule has 0 radical (unpaired) electrons. The van der Waals surface area contributed by atoms with Crippen LogP contribution in [0.1, 0.15) is 36.1 Å². The average molecular weight is 552 g/mol. The number of methoxy groups -OCH3 is 1. The molecular weight excluding hydrogens is 515 g/mol. The Balaban J connectivity index is 1.40. The van der Waals surface area contributed by atoms with E-state index in [1.807, 2.05) is 4.90 Å². The molecule has 4 atom stereocenters. The molecule has 5 rings (SSSR count). The molecule has 4 heterocycles. The van der Waals surface area contributed by atoms with Gasteiger partial charge in [-0.1, -0.05) is 0 Å². The Labute approximate surface area is 226 Å². The Kier molecular flexibility index (Phi) is 7.73. The number of ether oxygens (including phenoxy) is 2. The first-order valence-corrected chi connectivity index (χ1v) is 13.4. The first-order valence-electron chi connectivity index (χ1n) is 13.4. The maximum atomic E-state index is 14.3. The summed E-state index contributed by atoms with van der Waals surface area (Å²) in [5.41, 5.74) is 0.433. The molecule has 3 fully saturated rings. The van der Waals surface area contributed by atoms with Crippen LogP contribution in [0.3, 0.4) is 0 Å². The number of carbonyl (C=O) groups excluding carboxylic acids is 2. The number of amides is 2. The fraction of sp³-hybridized carbons (Fsp3) is 0.704. The lowest BCUT2D eigenvalue weighted by molar-refractivity contribution is -0.144. The molecule has 2 unspecified atom stereocenters. The number of pyridine rings is 1. The van der Waals surface area contributed by atoms with Crippen LogP contribution in [-0.2, 0) is 38.2 Å². The summed E-state index contributed by atoms with van der Waals surface area (Å²) >= 11 is 0. The monoisotopic (exact) mass is 551 g/mol. The van der Waals surface area contributed by atoms with Crippen molar-refractivity contribution in [3.63, 3.8) is 0 Å². The van der Waals surface area contributed by atoms with Gasteiger partial charge in [-0.3, -0.25) is 24.5 Å². The fourth-order valence-electron chi connectivity index (χ4n) is 6.51. The lowest BCUT2D eigenvalue weighted by Gasteiger charge is -2.37. The van der Waals surface area contributed by atoms with Crippen LogP contribution in [0.4, 0.5) is 13.2 Å². The van der Waals surface area contributed by atoms with Crippen molar-refractivity contribution in [3.05, 3.63) is 29.1 Å². The largest absolute Gasteiger partial charge is 0.417 e. The molecule has 0 spiro atoms. The molecule has 1 aliphatic carbocycles. The second-order valence-corrected chi connectivity index (χ2v) is 11.4. The summed E-state index contributed by atoms with van der Waals surface area (Å²) in [6.45, 7) is 2.81. The highest BCUT2D eigenvalue weighted by Gasteiger charge is 2.58. The number of alkyl halides is 3. The van der Waals surface area contributed by atoms with E-state index in [0.717, 1.165) is 24.4 Å². The number of hydrogen-bond acceptors (Lipinski definition) is 7. The van der Waals surface area contributed by atoms with Gasteiger partial charge < -0.3 is 19.3 Å². The van der Waals surface area contributed by atoms with Crippen molar-refractivity contribution in [1.82, 2.24) is 19.7 Å². The molecule has 214 valence electrons. The van der Waals surface area contributed by atoms with Gasteiger partial charge in [0.05, 0.1) is 30.2 Å². The number of nitrogens with zero attached hydrogens (tertiary/aromatic N) is 5. The minimum absolute atomic E-state index is 0.0272. The molecular formula is C27H36F3N5O4. The van der Waals surface area contributed by atoms with Crippen LogP contribution in [0.15, 0.2) is 17.3 Å². The maximum Gasteiger partial charge on any atom is 0.417 e. The number of aliphatic imine (C=N–C) groups is 1. The predicted molar refractivity (Wildman–Crippen MR) is 136 cm³/mol. The van der Waals surface area contributed by atoms with Crippen molar-refractivity contribution < 1.29 is 32.2 Å². The standard InChI is InChI=1S/C27H36F3N5O4/c1-33(2)24(36)14-34-13-19-9-20(32-22-5-7-39-15-23(22)38-3)10-26(19,16-34)25(37)35-6-4-21-17(12-35)8-18(11-31-21)27(28,29)30/h8,11,19,22-23H,4-7,9-10,12-16H2,1-3H3/t19-,22?,23?,26-/m0/s1. The van der Waals surface area contributed by atoms with Gasteiger partial charge in [-0.15, -0.1) is 0 Å². The van der Waals surface area contributed by atoms with Crippen LogP contribution in [0.25, 0.3) is 0 Å². The van der Waals surface area contributed by atoms with Crippen LogP contribution in [0, 0.1) is 11.3 Å². The van der Waals surface area contributed by atoms with E-state index in [1.54, 1.807) is 26.1 Å². The molecule has 2 amide bonds. The van der Waals surface area contributed by atoms with Crippen LogP contribution >= 0.6 is 0 Å². The number of likely N-dealkylation sites (N-methyl/N-ethyl adjacent to an activating group) is 1. The summed E-state index contributed by atoms with van der Waals surface area (Å²) < 4.78 is 51.1. The number of rotatable bonds is 5. The number of fused-ring (bicyclic) bond motifs is 2. The lowest BCUT2D eigenvalue weighted by Crippen LogP contribution is -2.49. The van der Waals surface area contributed by atoms with Crippen molar-refractivity contribution in [3.8, 4) is 0 Å². The topological polar surface area (TPSA) is 87.6 Å². The van der Waals surface area contributed by atoms with E-state index in [-0.39, 0.29) is 43.0 Å². The summed E-state index contributed by atoms with van der Waals surface area (Å²) in [6.07, 6.45) is -1.50. The molecule has 0 N–H and O–H groups in total. The van der Waals surface area contributed by atoms with Gasteiger partial charge in [-0.25, -0.2) is 0 Å².